The Balaban J connectivity index is 1.72. The van der Waals surface area contributed by atoms with E-state index in [1.165, 1.54) is 61.7 Å². The summed E-state index contributed by atoms with van der Waals surface area (Å²) >= 11 is 0. The summed E-state index contributed by atoms with van der Waals surface area (Å²) in [7, 11) is -10.2. The fraction of sp³-hybridized carbons (Fsp3) is 0.314. The summed E-state index contributed by atoms with van der Waals surface area (Å²) in [5, 5.41) is 2.85. The topological polar surface area (TPSA) is 91.3 Å². The molecular formula is C35H31F9O7S2. The van der Waals surface area contributed by atoms with Crippen LogP contribution in [0.1, 0.15) is 29.9 Å². The van der Waals surface area contributed by atoms with Crippen molar-refractivity contribution in [1.82, 2.24) is 0 Å². The van der Waals surface area contributed by atoms with Crippen molar-refractivity contribution in [2.24, 2.45) is 0 Å². The third kappa shape index (κ3) is 7.43. The van der Waals surface area contributed by atoms with E-state index in [0.717, 1.165) is 24.3 Å². The van der Waals surface area contributed by atoms with Crippen molar-refractivity contribution < 1.29 is 70.9 Å². The highest BCUT2D eigenvalue weighted by Gasteiger charge is 2.86. The van der Waals surface area contributed by atoms with Crippen LogP contribution >= 0.6 is 10.3 Å². The zero-order chi connectivity index (χ0) is 38.9. The molecule has 5 rings (SSSR count). The summed E-state index contributed by atoms with van der Waals surface area (Å²) in [5.41, 5.74) is 1.12. The van der Waals surface area contributed by atoms with Gasteiger partial charge < -0.3 is 19.3 Å². The maximum Gasteiger partial charge on any atom is 0.460 e. The van der Waals surface area contributed by atoms with Gasteiger partial charge in [0.25, 0.3) is 0 Å². The lowest BCUT2D eigenvalue weighted by Gasteiger charge is -2.41. The van der Waals surface area contributed by atoms with Crippen LogP contribution in [0.25, 0.3) is 0 Å². The highest BCUT2D eigenvalue weighted by atomic mass is 32.3. The Labute approximate surface area is 299 Å². The van der Waals surface area contributed by atoms with Gasteiger partial charge in [-0.15, -0.1) is 0 Å². The Kier molecular flexibility index (Phi) is 11.4. The normalized spacial score (nSPS) is 17.7. The molecule has 18 heteroatoms. The van der Waals surface area contributed by atoms with Gasteiger partial charge in [0.15, 0.2) is 6.29 Å². The first kappa shape index (κ1) is 40.2. The van der Waals surface area contributed by atoms with Gasteiger partial charge in [0.2, 0.25) is 0 Å². The lowest BCUT2D eigenvalue weighted by Crippen LogP contribution is -2.63. The first-order chi connectivity index (χ1) is 24.8. The number of methoxy groups -OCH3 is 1. The molecule has 1 aliphatic rings. The summed E-state index contributed by atoms with van der Waals surface area (Å²) in [6.07, 6.45) is -6.74. The summed E-state index contributed by atoms with van der Waals surface area (Å²) in [6.45, 7) is 0.685. The van der Waals surface area contributed by atoms with Gasteiger partial charge in [0.05, 0.1) is 13.0 Å². The van der Waals surface area contributed by atoms with Gasteiger partial charge in [0, 0.05) is 27.9 Å². The van der Waals surface area contributed by atoms with Crippen LogP contribution in [0.15, 0.2) is 118 Å². The number of rotatable bonds is 12. The smallest absolute Gasteiger partial charge is 0.460 e. The third-order valence-corrected chi connectivity index (χ3v) is 13.5. The Bertz CT molecular complexity index is 1940. The van der Waals surface area contributed by atoms with Crippen molar-refractivity contribution in [3.05, 3.63) is 114 Å². The van der Waals surface area contributed by atoms with Crippen LogP contribution in [0.5, 0.6) is 11.5 Å². The van der Waals surface area contributed by atoms with Crippen LogP contribution in [0.4, 0.5) is 39.5 Å². The Morgan fingerprint density at radius 3 is 1.58 bits per heavy atom. The van der Waals surface area contributed by atoms with E-state index < -0.39 is 61.7 Å². The molecule has 0 amide bonds. The van der Waals surface area contributed by atoms with E-state index in [1.807, 2.05) is 0 Å². The van der Waals surface area contributed by atoms with Crippen LogP contribution in [0, 0.1) is 0 Å². The van der Waals surface area contributed by atoms with Gasteiger partial charge in [-0.05, 0) is 94.9 Å². The van der Waals surface area contributed by atoms with Crippen molar-refractivity contribution in [2.75, 3.05) is 20.3 Å². The maximum atomic E-state index is 15.3. The monoisotopic (exact) mass is 798 g/mol. The minimum absolute atomic E-state index is 0.272. The fourth-order valence-corrected chi connectivity index (χ4v) is 10.7. The SMILES string of the molecule is COc1ccc(C(c2ccc(S(OS(=O)(=O)C(F)(F)C(F)(F)C(F)(F)C(F)(F)F)(c3ccccc3)c3ccc(O)cc3)cc2)C2OCCCCO2)cc1. The standard InChI is InChI=1S/C35H31F9O7S2/c1-48-26-15-9-23(10-16-26)30(31-49-21-5-6-22-50-31)24-11-17-28(18-12-24)52(27-7-3-2-4-8-27,29-19-13-25(45)14-20-29)51-53(46,47)35(43,44)33(38,39)32(36,37)34(40,41)42/h2-4,7-20,30-31,45H,5-6,21-22H2,1H3. The molecule has 1 N–H and O–H groups in total. The van der Waals surface area contributed by atoms with E-state index >= 15 is 8.78 Å². The summed E-state index contributed by atoms with van der Waals surface area (Å²) in [5.74, 6) is -15.6. The molecule has 0 saturated carbocycles. The number of ether oxygens (including phenoxy) is 3. The quantitative estimate of drug-likeness (QED) is 0.143. The third-order valence-electron chi connectivity index (χ3n) is 8.29. The zero-order valence-electron chi connectivity index (χ0n) is 27.4. The largest absolute Gasteiger partial charge is 0.508 e. The van der Waals surface area contributed by atoms with Gasteiger partial charge in [-0.1, -0.05) is 42.5 Å². The van der Waals surface area contributed by atoms with E-state index in [2.05, 4.69) is 0 Å². The van der Waals surface area contributed by atoms with Gasteiger partial charge in [-0.3, -0.25) is 0 Å². The van der Waals surface area contributed by atoms with E-state index in [4.69, 9.17) is 17.8 Å². The van der Waals surface area contributed by atoms with Gasteiger partial charge in [0.1, 0.15) is 11.5 Å². The molecule has 1 fully saturated rings. The van der Waals surface area contributed by atoms with Gasteiger partial charge in [-0.2, -0.15) is 47.9 Å². The van der Waals surface area contributed by atoms with Crippen LogP contribution in [-0.2, 0) is 23.2 Å². The molecule has 0 aliphatic carbocycles. The van der Waals surface area contributed by atoms with Crippen LogP contribution in [-0.4, -0.2) is 63.4 Å². The molecule has 1 heterocycles. The number of phenolic OH excluding ortho intramolecular Hbond substituents is 1. The molecule has 4 aromatic carbocycles. The van der Waals surface area contributed by atoms with Crippen LogP contribution in [0.2, 0.25) is 0 Å². The van der Waals surface area contributed by atoms with Gasteiger partial charge >= 0.3 is 33.4 Å². The molecule has 1 saturated heterocycles. The van der Waals surface area contributed by atoms with Crippen LogP contribution in [0.3, 0.4) is 0 Å². The molecule has 0 radical (unpaired) electrons. The molecule has 0 aromatic heterocycles. The van der Waals surface area contributed by atoms with Crippen molar-refractivity contribution in [1.29, 1.82) is 0 Å². The predicted molar refractivity (Wildman–Crippen MR) is 174 cm³/mol. The first-order valence-electron chi connectivity index (χ1n) is 15.6. The Hall–Kier alpha value is -3.97. The summed E-state index contributed by atoms with van der Waals surface area (Å²) in [4.78, 5) is -0.910. The lowest BCUT2D eigenvalue weighted by molar-refractivity contribution is -0.382. The molecular weight excluding hydrogens is 767 g/mol. The minimum Gasteiger partial charge on any atom is -0.508 e. The van der Waals surface area contributed by atoms with Crippen molar-refractivity contribution >= 4 is 20.4 Å². The zero-order valence-corrected chi connectivity index (χ0v) is 29.0. The fourth-order valence-electron chi connectivity index (χ4n) is 5.50. The second kappa shape index (κ2) is 15.0. The number of aromatic hydroxyl groups is 1. The average Bonchev–Trinajstić information content (AvgIpc) is 3.41. The second-order valence-corrected chi connectivity index (χ2v) is 16.2. The minimum atomic E-state index is -7.54. The molecule has 0 spiro atoms. The number of hydrogen-bond acceptors (Lipinski definition) is 7. The number of hydrogen-bond donors (Lipinski definition) is 1. The van der Waals surface area contributed by atoms with E-state index in [9.17, 15) is 44.3 Å². The molecule has 2 unspecified atom stereocenters. The number of alkyl halides is 9. The number of benzene rings is 4. The highest BCUT2D eigenvalue weighted by molar-refractivity contribution is 8.33. The molecule has 4 aromatic rings. The van der Waals surface area contributed by atoms with E-state index in [0.29, 0.717) is 42.9 Å². The second-order valence-electron chi connectivity index (χ2n) is 11.7. The van der Waals surface area contributed by atoms with E-state index in [-0.39, 0.29) is 14.7 Å². The van der Waals surface area contributed by atoms with Crippen molar-refractivity contribution in [2.45, 2.75) is 63.0 Å². The molecule has 0 bridgehead atoms. The maximum absolute atomic E-state index is 15.3. The molecule has 1 aliphatic heterocycles. The predicted octanol–water partition coefficient (Wildman–Crippen LogP) is 9.65. The van der Waals surface area contributed by atoms with Crippen molar-refractivity contribution in [3.63, 3.8) is 0 Å². The molecule has 2 atom stereocenters. The number of halogens is 9. The number of phenols is 1. The summed E-state index contributed by atoms with van der Waals surface area (Å²) in [6, 6.07) is 22.4. The van der Waals surface area contributed by atoms with Crippen LogP contribution < -0.4 is 4.74 Å². The Morgan fingerprint density at radius 2 is 1.11 bits per heavy atom. The molecule has 288 valence electrons. The Morgan fingerprint density at radius 1 is 0.660 bits per heavy atom. The van der Waals surface area contributed by atoms with Gasteiger partial charge in [-0.25, -0.2) is 3.63 Å². The van der Waals surface area contributed by atoms with Crippen molar-refractivity contribution in [3.8, 4) is 11.5 Å². The lowest BCUT2D eigenvalue weighted by atomic mass is 9.90. The van der Waals surface area contributed by atoms with E-state index in [1.54, 1.807) is 24.3 Å². The molecule has 7 nitrogen and oxygen atoms in total. The average molecular weight is 799 g/mol. The highest BCUT2D eigenvalue weighted by Crippen LogP contribution is 2.71. The summed E-state index contributed by atoms with van der Waals surface area (Å²) < 4.78 is 176. The first-order valence-corrected chi connectivity index (χ1v) is 18.6. The molecule has 53 heavy (non-hydrogen) atoms.